The molecule has 3 nitrogen and oxygen atoms in total. The van der Waals surface area contributed by atoms with Crippen molar-refractivity contribution in [3.05, 3.63) is 31.8 Å². The fraction of sp³-hybridized carbons (Fsp3) is 0.533. The van der Waals surface area contributed by atoms with Crippen LogP contribution in [-0.2, 0) is 0 Å². The molecule has 1 aliphatic rings. The van der Waals surface area contributed by atoms with Gasteiger partial charge in [-0.05, 0) is 90.0 Å². The molecule has 1 saturated heterocycles. The molecule has 20 heavy (non-hydrogen) atoms. The number of amides is 1. The molecule has 0 spiro atoms. The third kappa shape index (κ3) is 3.95. The van der Waals surface area contributed by atoms with Crippen LogP contribution in [0, 0.1) is 3.57 Å². The normalized spacial score (nSPS) is 18.6. The Kier molecular flexibility index (Phi) is 5.86. The average Bonchev–Trinajstić information content (AvgIpc) is 2.90. The highest BCUT2D eigenvalue weighted by molar-refractivity contribution is 14.1. The van der Waals surface area contributed by atoms with E-state index >= 15 is 0 Å². The number of carbonyl (C=O) groups excluding carboxylic acids is 1. The van der Waals surface area contributed by atoms with Gasteiger partial charge in [0.15, 0.2) is 0 Å². The number of benzene rings is 1. The van der Waals surface area contributed by atoms with E-state index in [0.717, 1.165) is 33.1 Å². The van der Waals surface area contributed by atoms with Crippen molar-refractivity contribution in [2.75, 3.05) is 13.1 Å². The van der Waals surface area contributed by atoms with Crippen LogP contribution in [0.25, 0.3) is 0 Å². The second kappa shape index (κ2) is 7.22. The zero-order chi connectivity index (χ0) is 14.7. The predicted molar refractivity (Wildman–Crippen MR) is 94.1 cm³/mol. The Hall–Kier alpha value is -0.140. The van der Waals surface area contributed by atoms with Gasteiger partial charge in [-0.15, -0.1) is 0 Å². The summed E-state index contributed by atoms with van der Waals surface area (Å²) in [6.07, 6.45) is 2.36. The van der Waals surface area contributed by atoms with Gasteiger partial charge in [0.2, 0.25) is 0 Å². The van der Waals surface area contributed by atoms with Gasteiger partial charge >= 0.3 is 0 Å². The molecular weight excluding hydrogens is 431 g/mol. The van der Waals surface area contributed by atoms with E-state index in [9.17, 15) is 4.79 Å². The fourth-order valence-electron chi connectivity index (χ4n) is 2.49. The van der Waals surface area contributed by atoms with Crippen LogP contribution >= 0.6 is 38.5 Å². The summed E-state index contributed by atoms with van der Waals surface area (Å²) in [6.45, 7) is 6.01. The molecule has 1 N–H and O–H groups in total. The van der Waals surface area contributed by atoms with Crippen molar-refractivity contribution < 1.29 is 4.79 Å². The Morgan fingerprint density at radius 1 is 1.55 bits per heavy atom. The van der Waals surface area contributed by atoms with Gasteiger partial charge in [0.1, 0.15) is 0 Å². The van der Waals surface area contributed by atoms with Gasteiger partial charge in [-0.1, -0.05) is 0 Å². The first kappa shape index (κ1) is 16.2. The van der Waals surface area contributed by atoms with Crippen molar-refractivity contribution in [1.29, 1.82) is 0 Å². The molecule has 0 saturated carbocycles. The lowest BCUT2D eigenvalue weighted by Gasteiger charge is -2.30. The Labute approximate surface area is 142 Å². The van der Waals surface area contributed by atoms with Crippen molar-refractivity contribution in [2.24, 2.45) is 0 Å². The topological polar surface area (TPSA) is 32.3 Å². The summed E-state index contributed by atoms with van der Waals surface area (Å²) < 4.78 is 1.95. The zero-order valence-electron chi connectivity index (χ0n) is 11.8. The molecule has 0 radical (unpaired) electrons. The third-order valence-electron chi connectivity index (χ3n) is 3.62. The van der Waals surface area contributed by atoms with Gasteiger partial charge in [-0.3, -0.25) is 4.79 Å². The van der Waals surface area contributed by atoms with E-state index in [-0.39, 0.29) is 11.9 Å². The lowest BCUT2D eigenvalue weighted by molar-refractivity contribution is 0.0688. The fourth-order valence-corrected chi connectivity index (χ4v) is 3.40. The van der Waals surface area contributed by atoms with Gasteiger partial charge in [0.25, 0.3) is 5.91 Å². The lowest BCUT2D eigenvalue weighted by Crippen LogP contribution is -2.44. The summed E-state index contributed by atoms with van der Waals surface area (Å²) in [6, 6.07) is 6.53. The first-order chi connectivity index (χ1) is 9.49. The minimum atomic E-state index is 0.110. The van der Waals surface area contributed by atoms with Crippen LogP contribution in [-0.4, -0.2) is 36.0 Å². The number of carbonyl (C=O) groups is 1. The van der Waals surface area contributed by atoms with E-state index in [1.54, 1.807) is 0 Å². The molecule has 1 heterocycles. The van der Waals surface area contributed by atoms with Gasteiger partial charge in [0, 0.05) is 26.7 Å². The second-order valence-electron chi connectivity index (χ2n) is 5.47. The molecular formula is C15H20BrIN2O. The SMILES string of the molecule is CC(C)N(CC1CCCN1)C(=O)c1cc(I)ccc1Br. The van der Waals surface area contributed by atoms with E-state index in [1.165, 1.54) is 6.42 Å². The van der Waals surface area contributed by atoms with E-state index in [1.807, 2.05) is 23.1 Å². The quantitative estimate of drug-likeness (QED) is 0.710. The van der Waals surface area contributed by atoms with Crippen molar-refractivity contribution in [2.45, 2.75) is 38.8 Å². The Morgan fingerprint density at radius 3 is 2.90 bits per heavy atom. The summed E-state index contributed by atoms with van der Waals surface area (Å²) in [5.74, 6) is 0.110. The number of halogens is 2. The minimum absolute atomic E-state index is 0.110. The Balaban J connectivity index is 2.19. The molecule has 0 aliphatic carbocycles. The van der Waals surface area contributed by atoms with Gasteiger partial charge in [0.05, 0.1) is 5.56 Å². The van der Waals surface area contributed by atoms with Crippen molar-refractivity contribution in [3.8, 4) is 0 Å². The molecule has 0 bridgehead atoms. The smallest absolute Gasteiger partial charge is 0.255 e. The molecule has 1 unspecified atom stereocenters. The summed E-state index contributed by atoms with van der Waals surface area (Å²) in [4.78, 5) is 14.8. The number of nitrogens with zero attached hydrogens (tertiary/aromatic N) is 1. The zero-order valence-corrected chi connectivity index (χ0v) is 15.6. The summed E-state index contributed by atoms with van der Waals surface area (Å²) in [5.41, 5.74) is 0.753. The molecule has 1 fully saturated rings. The highest BCUT2D eigenvalue weighted by Gasteiger charge is 2.25. The highest BCUT2D eigenvalue weighted by Crippen LogP contribution is 2.22. The Morgan fingerprint density at radius 2 is 2.30 bits per heavy atom. The molecule has 1 amide bonds. The first-order valence-electron chi connectivity index (χ1n) is 6.98. The lowest BCUT2D eigenvalue weighted by atomic mass is 10.1. The third-order valence-corrected chi connectivity index (χ3v) is 4.98. The molecule has 1 aliphatic heterocycles. The molecule has 1 aromatic carbocycles. The van der Waals surface area contributed by atoms with Crippen LogP contribution in [0.15, 0.2) is 22.7 Å². The van der Waals surface area contributed by atoms with E-state index in [2.05, 4.69) is 57.7 Å². The van der Waals surface area contributed by atoms with Gasteiger partial charge in [-0.2, -0.15) is 0 Å². The number of hydrogen-bond donors (Lipinski definition) is 1. The average molecular weight is 451 g/mol. The maximum Gasteiger partial charge on any atom is 0.255 e. The first-order valence-corrected chi connectivity index (χ1v) is 8.85. The second-order valence-corrected chi connectivity index (χ2v) is 7.57. The van der Waals surface area contributed by atoms with Crippen LogP contribution < -0.4 is 5.32 Å². The van der Waals surface area contributed by atoms with Crippen molar-refractivity contribution in [3.63, 3.8) is 0 Å². The van der Waals surface area contributed by atoms with Crippen LogP contribution in [0.4, 0.5) is 0 Å². The van der Waals surface area contributed by atoms with Crippen molar-refractivity contribution in [1.82, 2.24) is 10.2 Å². The number of nitrogens with one attached hydrogen (secondary N) is 1. The summed E-state index contributed by atoms with van der Waals surface area (Å²) in [7, 11) is 0. The maximum absolute atomic E-state index is 12.8. The molecule has 110 valence electrons. The van der Waals surface area contributed by atoms with Crippen LogP contribution in [0.2, 0.25) is 0 Å². The van der Waals surface area contributed by atoms with Gasteiger partial charge in [-0.25, -0.2) is 0 Å². The standard InChI is InChI=1S/C15H20BrIN2O/c1-10(2)19(9-12-4-3-7-18-12)15(20)13-8-11(17)5-6-14(13)16/h5-6,8,10,12,18H,3-4,7,9H2,1-2H3. The number of hydrogen-bond acceptors (Lipinski definition) is 2. The van der Waals surface area contributed by atoms with Crippen LogP contribution in [0.3, 0.4) is 0 Å². The van der Waals surface area contributed by atoms with Crippen LogP contribution in [0.5, 0.6) is 0 Å². The minimum Gasteiger partial charge on any atom is -0.335 e. The van der Waals surface area contributed by atoms with Crippen LogP contribution in [0.1, 0.15) is 37.0 Å². The molecule has 2 rings (SSSR count). The van der Waals surface area contributed by atoms with E-state index in [4.69, 9.17) is 0 Å². The summed E-state index contributed by atoms with van der Waals surface area (Å²) in [5, 5.41) is 3.47. The molecule has 5 heteroatoms. The van der Waals surface area contributed by atoms with Gasteiger partial charge < -0.3 is 10.2 Å². The number of rotatable bonds is 4. The largest absolute Gasteiger partial charge is 0.335 e. The van der Waals surface area contributed by atoms with Crippen molar-refractivity contribution >= 4 is 44.4 Å². The molecule has 1 atom stereocenters. The summed E-state index contributed by atoms with van der Waals surface area (Å²) >= 11 is 5.74. The highest BCUT2D eigenvalue weighted by atomic mass is 127. The van der Waals surface area contributed by atoms with E-state index < -0.39 is 0 Å². The Bertz CT molecular complexity index is 487. The molecule has 0 aromatic heterocycles. The predicted octanol–water partition coefficient (Wildman–Crippen LogP) is 3.66. The maximum atomic E-state index is 12.8. The molecule has 1 aromatic rings. The monoisotopic (exact) mass is 450 g/mol. The van der Waals surface area contributed by atoms with E-state index in [0.29, 0.717) is 6.04 Å².